The second-order valence-corrected chi connectivity index (χ2v) is 3.78. The predicted molar refractivity (Wildman–Crippen MR) is 55.9 cm³/mol. The molecule has 0 saturated carbocycles. The molecule has 0 atom stereocenters. The molecule has 4 nitrogen and oxygen atoms in total. The highest BCUT2D eigenvalue weighted by molar-refractivity contribution is 5.86. The van der Waals surface area contributed by atoms with Crippen LogP contribution in [0.4, 0.5) is 5.82 Å². The number of anilines is 1. The van der Waals surface area contributed by atoms with Crippen molar-refractivity contribution >= 4 is 11.7 Å². The SMILES string of the molecule is Cc1cccc(NC(C)(C)C(N)=O)n1. The fraction of sp³-hybridized carbons (Fsp3) is 0.400. The summed E-state index contributed by atoms with van der Waals surface area (Å²) in [6.45, 7) is 5.33. The molecule has 1 amide bonds. The molecule has 1 aromatic rings. The number of rotatable bonds is 3. The molecule has 76 valence electrons. The van der Waals surface area contributed by atoms with Gasteiger partial charge >= 0.3 is 0 Å². The van der Waals surface area contributed by atoms with E-state index in [0.717, 1.165) is 5.69 Å². The molecule has 4 heteroatoms. The van der Waals surface area contributed by atoms with Crippen LogP contribution in [0.2, 0.25) is 0 Å². The molecule has 0 fully saturated rings. The van der Waals surface area contributed by atoms with Crippen LogP contribution in [0.1, 0.15) is 19.5 Å². The van der Waals surface area contributed by atoms with Crippen LogP contribution in [0.15, 0.2) is 18.2 Å². The molecular formula is C10H15N3O. The highest BCUT2D eigenvalue weighted by Gasteiger charge is 2.24. The second kappa shape index (κ2) is 3.65. The third kappa shape index (κ3) is 2.45. The Morgan fingerprint density at radius 1 is 1.50 bits per heavy atom. The summed E-state index contributed by atoms with van der Waals surface area (Å²) >= 11 is 0. The van der Waals surface area contributed by atoms with E-state index in [1.54, 1.807) is 19.9 Å². The average molecular weight is 193 g/mol. The molecule has 0 saturated heterocycles. The number of nitrogens with two attached hydrogens (primary N) is 1. The van der Waals surface area contributed by atoms with E-state index < -0.39 is 11.4 Å². The van der Waals surface area contributed by atoms with Crippen LogP contribution in [0.3, 0.4) is 0 Å². The van der Waals surface area contributed by atoms with Crippen molar-refractivity contribution in [3.05, 3.63) is 23.9 Å². The zero-order valence-corrected chi connectivity index (χ0v) is 8.66. The van der Waals surface area contributed by atoms with Gasteiger partial charge < -0.3 is 11.1 Å². The van der Waals surface area contributed by atoms with Crippen molar-refractivity contribution in [1.82, 2.24) is 4.98 Å². The topological polar surface area (TPSA) is 68.0 Å². The summed E-state index contributed by atoms with van der Waals surface area (Å²) in [5, 5.41) is 2.97. The summed E-state index contributed by atoms with van der Waals surface area (Å²) in [6, 6.07) is 5.57. The monoisotopic (exact) mass is 193 g/mol. The number of nitrogens with one attached hydrogen (secondary N) is 1. The van der Waals surface area contributed by atoms with E-state index in [2.05, 4.69) is 10.3 Å². The first-order valence-electron chi connectivity index (χ1n) is 4.43. The van der Waals surface area contributed by atoms with Crippen LogP contribution in [-0.4, -0.2) is 16.4 Å². The van der Waals surface area contributed by atoms with Crippen LogP contribution in [-0.2, 0) is 4.79 Å². The van der Waals surface area contributed by atoms with Crippen LogP contribution in [0.5, 0.6) is 0 Å². The lowest BCUT2D eigenvalue weighted by Crippen LogP contribution is -2.45. The summed E-state index contributed by atoms with van der Waals surface area (Å²) in [5.74, 6) is 0.259. The number of nitrogens with zero attached hydrogens (tertiary/aromatic N) is 1. The zero-order valence-electron chi connectivity index (χ0n) is 8.66. The summed E-state index contributed by atoms with van der Waals surface area (Å²) < 4.78 is 0. The van der Waals surface area contributed by atoms with E-state index in [1.165, 1.54) is 0 Å². The Balaban J connectivity index is 2.83. The van der Waals surface area contributed by atoms with Gasteiger partial charge in [-0.25, -0.2) is 4.98 Å². The first-order valence-corrected chi connectivity index (χ1v) is 4.43. The van der Waals surface area contributed by atoms with E-state index in [1.807, 2.05) is 19.1 Å². The highest BCUT2D eigenvalue weighted by atomic mass is 16.1. The largest absolute Gasteiger partial charge is 0.368 e. The molecule has 0 radical (unpaired) electrons. The fourth-order valence-electron chi connectivity index (χ4n) is 0.994. The van der Waals surface area contributed by atoms with E-state index in [-0.39, 0.29) is 0 Å². The van der Waals surface area contributed by atoms with Crippen molar-refractivity contribution in [3.8, 4) is 0 Å². The molecule has 0 unspecified atom stereocenters. The zero-order chi connectivity index (χ0) is 10.8. The predicted octanol–water partition coefficient (Wildman–Crippen LogP) is 1.07. The maximum Gasteiger partial charge on any atom is 0.242 e. The van der Waals surface area contributed by atoms with E-state index in [4.69, 9.17) is 5.73 Å². The van der Waals surface area contributed by atoms with Crippen molar-refractivity contribution < 1.29 is 4.79 Å². The highest BCUT2D eigenvalue weighted by Crippen LogP contribution is 2.12. The van der Waals surface area contributed by atoms with E-state index >= 15 is 0 Å². The third-order valence-electron chi connectivity index (χ3n) is 1.94. The molecule has 0 aromatic carbocycles. The lowest BCUT2D eigenvalue weighted by molar-refractivity contribution is -0.121. The minimum atomic E-state index is -0.777. The van der Waals surface area contributed by atoms with Gasteiger partial charge in [0, 0.05) is 5.69 Å². The molecule has 1 heterocycles. The normalized spacial score (nSPS) is 11.1. The van der Waals surface area contributed by atoms with Gasteiger partial charge in [0.25, 0.3) is 0 Å². The van der Waals surface area contributed by atoms with Crippen LogP contribution in [0.25, 0.3) is 0 Å². The summed E-state index contributed by atoms with van der Waals surface area (Å²) in [7, 11) is 0. The maximum atomic E-state index is 11.0. The smallest absolute Gasteiger partial charge is 0.242 e. The molecule has 1 aromatic heterocycles. The number of carbonyl (C=O) groups is 1. The molecule has 0 aliphatic rings. The molecule has 0 aliphatic carbocycles. The van der Waals surface area contributed by atoms with Crippen LogP contribution in [0, 0.1) is 6.92 Å². The van der Waals surface area contributed by atoms with Gasteiger partial charge in [-0.05, 0) is 32.9 Å². The van der Waals surface area contributed by atoms with Gasteiger partial charge in [0.1, 0.15) is 11.4 Å². The molecule has 0 bridgehead atoms. The van der Waals surface area contributed by atoms with Crippen molar-refractivity contribution in [3.63, 3.8) is 0 Å². The Morgan fingerprint density at radius 3 is 2.64 bits per heavy atom. The van der Waals surface area contributed by atoms with Crippen LogP contribution < -0.4 is 11.1 Å². The summed E-state index contributed by atoms with van der Waals surface area (Å²) in [4.78, 5) is 15.3. The first-order chi connectivity index (χ1) is 6.42. The fourth-order valence-corrected chi connectivity index (χ4v) is 0.994. The van der Waals surface area contributed by atoms with E-state index in [9.17, 15) is 4.79 Å². The number of amides is 1. The van der Waals surface area contributed by atoms with Gasteiger partial charge in [-0.1, -0.05) is 6.07 Å². The summed E-state index contributed by atoms with van der Waals surface area (Å²) in [5.41, 5.74) is 5.35. The average Bonchev–Trinajstić information content (AvgIpc) is 2.02. The van der Waals surface area contributed by atoms with Gasteiger partial charge in [0.15, 0.2) is 0 Å². The Hall–Kier alpha value is -1.58. The lowest BCUT2D eigenvalue weighted by atomic mass is 10.1. The number of aryl methyl sites for hydroxylation is 1. The van der Waals surface area contributed by atoms with Crippen LogP contribution >= 0.6 is 0 Å². The Labute approximate surface area is 83.5 Å². The standard InChI is InChI=1S/C10H15N3O/c1-7-5-4-6-8(12-7)13-10(2,3)9(11)14/h4-6H,1-3H3,(H2,11,14)(H,12,13). The second-order valence-electron chi connectivity index (χ2n) is 3.78. The third-order valence-corrected chi connectivity index (χ3v) is 1.94. The van der Waals surface area contributed by atoms with Gasteiger partial charge in [-0.15, -0.1) is 0 Å². The van der Waals surface area contributed by atoms with Crippen molar-refractivity contribution in [2.24, 2.45) is 5.73 Å². The first kappa shape index (κ1) is 10.5. The molecule has 0 spiro atoms. The number of carbonyl (C=O) groups excluding carboxylic acids is 1. The number of hydrogen-bond acceptors (Lipinski definition) is 3. The molecule has 0 aliphatic heterocycles. The maximum absolute atomic E-state index is 11.0. The molecular weight excluding hydrogens is 178 g/mol. The Morgan fingerprint density at radius 2 is 2.14 bits per heavy atom. The van der Waals surface area contributed by atoms with Crippen molar-refractivity contribution in [1.29, 1.82) is 0 Å². The summed E-state index contributed by atoms with van der Waals surface area (Å²) in [6.07, 6.45) is 0. The number of primary amides is 1. The van der Waals surface area contributed by atoms with Gasteiger partial charge in [0.2, 0.25) is 5.91 Å². The van der Waals surface area contributed by atoms with Crippen molar-refractivity contribution in [2.45, 2.75) is 26.3 Å². The molecule has 3 N–H and O–H groups in total. The van der Waals surface area contributed by atoms with E-state index in [0.29, 0.717) is 5.82 Å². The van der Waals surface area contributed by atoms with Gasteiger partial charge in [-0.3, -0.25) is 4.79 Å². The minimum absolute atomic E-state index is 0.402. The number of hydrogen-bond donors (Lipinski definition) is 2. The minimum Gasteiger partial charge on any atom is -0.368 e. The Kier molecular flexibility index (Phi) is 2.74. The van der Waals surface area contributed by atoms with Gasteiger partial charge in [0.05, 0.1) is 0 Å². The molecule has 14 heavy (non-hydrogen) atoms. The lowest BCUT2D eigenvalue weighted by Gasteiger charge is -2.22. The molecule has 1 rings (SSSR count). The number of aromatic nitrogens is 1. The Bertz CT molecular complexity index is 347. The van der Waals surface area contributed by atoms with Gasteiger partial charge in [-0.2, -0.15) is 0 Å². The van der Waals surface area contributed by atoms with Crippen molar-refractivity contribution in [2.75, 3.05) is 5.32 Å². The number of pyridine rings is 1. The quantitative estimate of drug-likeness (QED) is 0.754.